The van der Waals surface area contributed by atoms with Crippen LogP contribution in [0.25, 0.3) is 0 Å². The van der Waals surface area contributed by atoms with Crippen LogP contribution in [0.1, 0.15) is 51.2 Å². The molecule has 0 aliphatic rings. The fourth-order valence-electron chi connectivity index (χ4n) is 2.08. The lowest BCUT2D eigenvalue weighted by Gasteiger charge is -2.15. The highest BCUT2D eigenvalue weighted by atomic mass is 35.5. The average Bonchev–Trinajstić information content (AvgIpc) is 2.27. The standard InChI is InChI=1S/C16H26ClN/c1-12(2)6-5-7-14(4)18-11-15-8-9-16(17)10-13(15)3/h8-10,12,14,18H,5-7,11H2,1-4H3. The number of hydrogen-bond acceptors (Lipinski definition) is 1. The van der Waals surface area contributed by atoms with Gasteiger partial charge in [-0.15, -0.1) is 0 Å². The summed E-state index contributed by atoms with van der Waals surface area (Å²) in [6.45, 7) is 9.90. The fraction of sp³-hybridized carbons (Fsp3) is 0.625. The second-order valence-corrected chi connectivity index (χ2v) is 6.11. The van der Waals surface area contributed by atoms with Gasteiger partial charge in [-0.3, -0.25) is 0 Å². The Kier molecular flexibility index (Phi) is 6.73. The maximum Gasteiger partial charge on any atom is 0.0408 e. The molecular formula is C16H26ClN. The summed E-state index contributed by atoms with van der Waals surface area (Å²) in [6, 6.07) is 6.70. The Morgan fingerprint density at radius 2 is 1.89 bits per heavy atom. The third-order valence-electron chi connectivity index (χ3n) is 3.36. The number of rotatable bonds is 7. The molecule has 1 aromatic rings. The van der Waals surface area contributed by atoms with E-state index in [0.29, 0.717) is 6.04 Å². The summed E-state index contributed by atoms with van der Waals surface area (Å²) in [5.41, 5.74) is 2.61. The van der Waals surface area contributed by atoms with Gasteiger partial charge in [0.05, 0.1) is 0 Å². The second-order valence-electron chi connectivity index (χ2n) is 5.68. The van der Waals surface area contributed by atoms with Gasteiger partial charge in [0.1, 0.15) is 0 Å². The normalized spacial score (nSPS) is 13.0. The quantitative estimate of drug-likeness (QED) is 0.737. The molecule has 1 aromatic carbocycles. The first-order valence-electron chi connectivity index (χ1n) is 6.97. The van der Waals surface area contributed by atoms with Crippen molar-refractivity contribution in [3.05, 3.63) is 34.3 Å². The van der Waals surface area contributed by atoms with Crippen LogP contribution in [-0.2, 0) is 6.54 Å². The molecule has 2 heteroatoms. The number of aryl methyl sites for hydroxylation is 1. The lowest BCUT2D eigenvalue weighted by atomic mass is 10.0. The Morgan fingerprint density at radius 3 is 2.50 bits per heavy atom. The minimum absolute atomic E-state index is 0.582. The Morgan fingerprint density at radius 1 is 1.17 bits per heavy atom. The summed E-state index contributed by atoms with van der Waals surface area (Å²) >= 11 is 5.96. The van der Waals surface area contributed by atoms with Crippen molar-refractivity contribution >= 4 is 11.6 Å². The molecule has 1 N–H and O–H groups in total. The highest BCUT2D eigenvalue weighted by Gasteiger charge is 2.04. The summed E-state index contributed by atoms with van der Waals surface area (Å²) in [7, 11) is 0. The molecule has 0 radical (unpaired) electrons. The van der Waals surface area contributed by atoms with Crippen molar-refractivity contribution < 1.29 is 0 Å². The van der Waals surface area contributed by atoms with E-state index in [-0.39, 0.29) is 0 Å². The highest BCUT2D eigenvalue weighted by molar-refractivity contribution is 6.30. The molecule has 0 saturated carbocycles. The van der Waals surface area contributed by atoms with E-state index in [1.54, 1.807) is 0 Å². The lowest BCUT2D eigenvalue weighted by Crippen LogP contribution is -2.25. The van der Waals surface area contributed by atoms with E-state index in [1.807, 2.05) is 12.1 Å². The Bertz CT molecular complexity index is 360. The van der Waals surface area contributed by atoms with Crippen LogP contribution in [0.15, 0.2) is 18.2 Å². The van der Waals surface area contributed by atoms with Crippen molar-refractivity contribution in [3.8, 4) is 0 Å². The molecule has 18 heavy (non-hydrogen) atoms. The van der Waals surface area contributed by atoms with E-state index in [0.717, 1.165) is 17.5 Å². The van der Waals surface area contributed by atoms with E-state index in [1.165, 1.54) is 30.4 Å². The summed E-state index contributed by atoms with van der Waals surface area (Å²) in [4.78, 5) is 0. The molecule has 0 bridgehead atoms. The van der Waals surface area contributed by atoms with Gasteiger partial charge in [0.25, 0.3) is 0 Å². The Balaban J connectivity index is 2.31. The van der Waals surface area contributed by atoms with Crippen LogP contribution >= 0.6 is 11.6 Å². The minimum atomic E-state index is 0.582. The Hall–Kier alpha value is -0.530. The predicted octanol–water partition coefficient (Wildman–Crippen LogP) is 4.95. The molecule has 0 aliphatic carbocycles. The van der Waals surface area contributed by atoms with Crippen LogP contribution in [-0.4, -0.2) is 6.04 Å². The molecule has 0 heterocycles. The second kappa shape index (κ2) is 7.81. The zero-order valence-electron chi connectivity index (χ0n) is 12.1. The van der Waals surface area contributed by atoms with E-state index >= 15 is 0 Å². The van der Waals surface area contributed by atoms with Crippen molar-refractivity contribution in [2.24, 2.45) is 5.92 Å². The fourth-order valence-corrected chi connectivity index (χ4v) is 2.30. The van der Waals surface area contributed by atoms with Crippen LogP contribution < -0.4 is 5.32 Å². The van der Waals surface area contributed by atoms with Crippen LogP contribution in [0.2, 0.25) is 5.02 Å². The average molecular weight is 268 g/mol. The SMILES string of the molecule is Cc1cc(Cl)ccc1CNC(C)CCCC(C)C. The van der Waals surface area contributed by atoms with E-state index in [2.05, 4.69) is 39.1 Å². The third kappa shape index (κ3) is 5.88. The first-order chi connectivity index (χ1) is 8.49. The first-order valence-corrected chi connectivity index (χ1v) is 7.35. The monoisotopic (exact) mass is 267 g/mol. The molecule has 1 unspecified atom stereocenters. The van der Waals surface area contributed by atoms with Crippen LogP contribution in [0.3, 0.4) is 0 Å². The van der Waals surface area contributed by atoms with Gasteiger partial charge >= 0.3 is 0 Å². The van der Waals surface area contributed by atoms with E-state index in [4.69, 9.17) is 11.6 Å². The molecular weight excluding hydrogens is 242 g/mol. The first kappa shape index (κ1) is 15.5. The minimum Gasteiger partial charge on any atom is -0.310 e. The number of benzene rings is 1. The van der Waals surface area contributed by atoms with Crippen molar-refractivity contribution in [1.29, 1.82) is 0 Å². The number of nitrogens with one attached hydrogen (secondary N) is 1. The maximum absolute atomic E-state index is 5.96. The molecule has 1 nitrogen and oxygen atoms in total. The topological polar surface area (TPSA) is 12.0 Å². The van der Waals surface area contributed by atoms with Crippen molar-refractivity contribution in [3.63, 3.8) is 0 Å². The van der Waals surface area contributed by atoms with Crippen LogP contribution in [0.4, 0.5) is 0 Å². The van der Waals surface area contributed by atoms with Gasteiger partial charge in [0, 0.05) is 17.6 Å². The van der Waals surface area contributed by atoms with Crippen LogP contribution in [0.5, 0.6) is 0 Å². The summed E-state index contributed by atoms with van der Waals surface area (Å²) < 4.78 is 0. The van der Waals surface area contributed by atoms with E-state index in [9.17, 15) is 0 Å². The molecule has 102 valence electrons. The van der Waals surface area contributed by atoms with Gasteiger partial charge in [-0.25, -0.2) is 0 Å². The van der Waals surface area contributed by atoms with Gasteiger partial charge in [0.15, 0.2) is 0 Å². The predicted molar refractivity (Wildman–Crippen MR) is 81.2 cm³/mol. The zero-order valence-corrected chi connectivity index (χ0v) is 12.8. The largest absolute Gasteiger partial charge is 0.310 e. The molecule has 0 amide bonds. The van der Waals surface area contributed by atoms with Crippen LogP contribution in [0, 0.1) is 12.8 Å². The Labute approximate surface area is 117 Å². The van der Waals surface area contributed by atoms with Gasteiger partial charge < -0.3 is 5.32 Å². The smallest absolute Gasteiger partial charge is 0.0408 e. The van der Waals surface area contributed by atoms with E-state index < -0.39 is 0 Å². The zero-order chi connectivity index (χ0) is 13.5. The molecule has 0 fully saturated rings. The van der Waals surface area contributed by atoms with Crippen molar-refractivity contribution in [1.82, 2.24) is 5.32 Å². The molecule has 1 rings (SSSR count). The summed E-state index contributed by atoms with van der Waals surface area (Å²) in [5.74, 6) is 0.815. The van der Waals surface area contributed by atoms with Gasteiger partial charge in [0.2, 0.25) is 0 Å². The molecule has 1 atom stereocenters. The molecule has 0 saturated heterocycles. The third-order valence-corrected chi connectivity index (χ3v) is 3.60. The molecule has 0 aliphatic heterocycles. The number of halogens is 1. The maximum atomic E-state index is 5.96. The summed E-state index contributed by atoms with van der Waals surface area (Å²) in [6.07, 6.45) is 3.89. The summed E-state index contributed by atoms with van der Waals surface area (Å²) in [5, 5.41) is 4.41. The van der Waals surface area contributed by atoms with Crippen molar-refractivity contribution in [2.75, 3.05) is 0 Å². The lowest BCUT2D eigenvalue weighted by molar-refractivity contribution is 0.457. The van der Waals surface area contributed by atoms with Crippen molar-refractivity contribution in [2.45, 2.75) is 59.5 Å². The van der Waals surface area contributed by atoms with Gasteiger partial charge in [-0.2, -0.15) is 0 Å². The van der Waals surface area contributed by atoms with Gasteiger partial charge in [-0.05, 0) is 49.4 Å². The molecule has 0 spiro atoms. The highest BCUT2D eigenvalue weighted by Crippen LogP contribution is 2.15. The molecule has 0 aromatic heterocycles. The number of hydrogen-bond donors (Lipinski definition) is 1. The van der Waals surface area contributed by atoms with Gasteiger partial charge in [-0.1, -0.05) is 44.4 Å².